The van der Waals surface area contributed by atoms with E-state index in [4.69, 9.17) is 4.74 Å². The van der Waals surface area contributed by atoms with Gasteiger partial charge in [0.05, 0.1) is 22.6 Å². The van der Waals surface area contributed by atoms with Crippen molar-refractivity contribution in [1.82, 2.24) is 4.98 Å². The number of aromatic nitrogens is 1. The fourth-order valence-corrected chi connectivity index (χ4v) is 3.60. The summed E-state index contributed by atoms with van der Waals surface area (Å²) in [6, 6.07) is 8.51. The minimum absolute atomic E-state index is 0.0746. The summed E-state index contributed by atoms with van der Waals surface area (Å²) in [5, 5.41) is 15.5. The van der Waals surface area contributed by atoms with E-state index < -0.39 is 10.8 Å². The maximum absolute atomic E-state index is 12.2. The minimum atomic E-state index is -0.521. The van der Waals surface area contributed by atoms with Crippen molar-refractivity contribution in [2.45, 2.75) is 6.92 Å². The number of rotatable bonds is 5. The SMILES string of the molecule is COc1ccc(C)cc1-c1csc(NC(=O)c2ccc([N+](=O)[O-])s2)n1. The Balaban J connectivity index is 1.81. The van der Waals surface area contributed by atoms with Crippen LogP contribution in [0, 0.1) is 17.0 Å². The van der Waals surface area contributed by atoms with Crippen LogP contribution in [0.5, 0.6) is 5.75 Å². The number of methoxy groups -OCH3 is 1. The summed E-state index contributed by atoms with van der Waals surface area (Å²) in [6.45, 7) is 1.97. The van der Waals surface area contributed by atoms with Crippen molar-refractivity contribution < 1.29 is 14.5 Å². The molecule has 3 aromatic rings. The summed E-state index contributed by atoms with van der Waals surface area (Å²) in [4.78, 5) is 27.1. The molecule has 0 aliphatic rings. The second-order valence-electron chi connectivity index (χ2n) is 5.09. The quantitative estimate of drug-likeness (QED) is 0.528. The van der Waals surface area contributed by atoms with Gasteiger partial charge in [0.2, 0.25) is 0 Å². The first kappa shape index (κ1) is 17.1. The Hall–Kier alpha value is -2.78. The molecule has 2 heterocycles. The van der Waals surface area contributed by atoms with Crippen molar-refractivity contribution >= 4 is 38.7 Å². The van der Waals surface area contributed by atoms with Crippen molar-refractivity contribution in [2.75, 3.05) is 12.4 Å². The Morgan fingerprint density at radius 1 is 1.32 bits per heavy atom. The van der Waals surface area contributed by atoms with Crippen LogP contribution in [-0.2, 0) is 0 Å². The highest BCUT2D eigenvalue weighted by atomic mass is 32.1. The molecule has 0 fully saturated rings. The Kier molecular flexibility index (Phi) is 4.77. The van der Waals surface area contributed by atoms with E-state index in [1.807, 2.05) is 30.5 Å². The van der Waals surface area contributed by atoms with E-state index in [-0.39, 0.29) is 9.88 Å². The first-order valence-corrected chi connectivity index (χ1v) is 8.83. The Morgan fingerprint density at radius 3 is 2.80 bits per heavy atom. The van der Waals surface area contributed by atoms with Crippen molar-refractivity contribution in [1.29, 1.82) is 0 Å². The van der Waals surface area contributed by atoms with Gasteiger partial charge in [0, 0.05) is 17.0 Å². The number of nitrogens with zero attached hydrogens (tertiary/aromatic N) is 2. The molecule has 9 heteroatoms. The highest BCUT2D eigenvalue weighted by Gasteiger charge is 2.17. The molecular formula is C16H13N3O4S2. The summed E-state index contributed by atoms with van der Waals surface area (Å²) in [5.41, 5.74) is 2.60. The van der Waals surface area contributed by atoms with Gasteiger partial charge in [-0.15, -0.1) is 11.3 Å². The van der Waals surface area contributed by atoms with E-state index in [2.05, 4.69) is 10.3 Å². The Labute approximate surface area is 151 Å². The maximum Gasteiger partial charge on any atom is 0.324 e. The topological polar surface area (TPSA) is 94.4 Å². The van der Waals surface area contributed by atoms with Gasteiger partial charge < -0.3 is 4.74 Å². The van der Waals surface area contributed by atoms with Crippen LogP contribution in [0.25, 0.3) is 11.3 Å². The van der Waals surface area contributed by atoms with Crippen molar-refractivity contribution in [2.24, 2.45) is 0 Å². The second-order valence-corrected chi connectivity index (χ2v) is 7.01. The maximum atomic E-state index is 12.2. The van der Waals surface area contributed by atoms with Crippen LogP contribution in [0.2, 0.25) is 0 Å². The largest absolute Gasteiger partial charge is 0.496 e. The smallest absolute Gasteiger partial charge is 0.324 e. The van der Waals surface area contributed by atoms with Gasteiger partial charge in [0.1, 0.15) is 5.75 Å². The summed E-state index contributed by atoms with van der Waals surface area (Å²) < 4.78 is 5.35. The standard InChI is InChI=1S/C16H13N3O4S2/c1-9-3-4-12(23-2)10(7-9)11-8-24-16(17-11)18-15(20)13-5-6-14(25-13)19(21)22/h3-8H,1-2H3,(H,17,18,20). The molecule has 0 saturated heterocycles. The normalized spacial score (nSPS) is 10.5. The van der Waals surface area contributed by atoms with Crippen LogP contribution >= 0.6 is 22.7 Å². The van der Waals surface area contributed by atoms with Crippen LogP contribution in [0.1, 0.15) is 15.2 Å². The predicted octanol–water partition coefficient (Wildman–Crippen LogP) is 4.35. The molecular weight excluding hydrogens is 362 g/mol. The van der Waals surface area contributed by atoms with Crippen LogP contribution in [0.3, 0.4) is 0 Å². The number of nitrogens with one attached hydrogen (secondary N) is 1. The molecule has 1 amide bonds. The average molecular weight is 375 g/mol. The highest BCUT2D eigenvalue weighted by Crippen LogP contribution is 2.33. The van der Waals surface area contributed by atoms with Crippen molar-refractivity contribution in [3.63, 3.8) is 0 Å². The van der Waals surface area contributed by atoms with E-state index >= 15 is 0 Å². The van der Waals surface area contributed by atoms with Crippen molar-refractivity contribution in [3.8, 4) is 17.0 Å². The molecule has 0 spiro atoms. The molecule has 25 heavy (non-hydrogen) atoms. The van der Waals surface area contributed by atoms with E-state index in [1.54, 1.807) is 7.11 Å². The lowest BCUT2D eigenvalue weighted by atomic mass is 10.1. The van der Waals surface area contributed by atoms with Gasteiger partial charge >= 0.3 is 5.00 Å². The molecule has 0 aliphatic carbocycles. The molecule has 0 saturated carbocycles. The first-order chi connectivity index (χ1) is 12.0. The summed E-state index contributed by atoms with van der Waals surface area (Å²) >= 11 is 2.10. The van der Waals surface area contributed by atoms with Gasteiger partial charge in [-0.25, -0.2) is 4.98 Å². The molecule has 0 radical (unpaired) electrons. The number of thiophene rings is 1. The molecule has 2 aromatic heterocycles. The molecule has 0 atom stereocenters. The zero-order valence-electron chi connectivity index (χ0n) is 13.3. The summed E-state index contributed by atoms with van der Waals surface area (Å²) in [5.74, 6) is 0.276. The third kappa shape index (κ3) is 3.67. The number of anilines is 1. The lowest BCUT2D eigenvalue weighted by molar-refractivity contribution is -0.380. The number of hydrogen-bond donors (Lipinski definition) is 1. The Morgan fingerprint density at radius 2 is 2.12 bits per heavy atom. The minimum Gasteiger partial charge on any atom is -0.496 e. The molecule has 0 bridgehead atoms. The predicted molar refractivity (Wildman–Crippen MR) is 97.8 cm³/mol. The summed E-state index contributed by atoms with van der Waals surface area (Å²) in [7, 11) is 1.59. The van der Waals surface area contributed by atoms with Crippen LogP contribution in [0.4, 0.5) is 10.1 Å². The average Bonchev–Trinajstić information content (AvgIpc) is 3.24. The fourth-order valence-electron chi connectivity index (χ4n) is 2.18. The van der Waals surface area contributed by atoms with Gasteiger partial charge in [-0.2, -0.15) is 0 Å². The molecule has 3 rings (SSSR count). The zero-order chi connectivity index (χ0) is 18.0. The van der Waals surface area contributed by atoms with Gasteiger partial charge in [0.15, 0.2) is 5.13 Å². The summed E-state index contributed by atoms with van der Waals surface area (Å²) in [6.07, 6.45) is 0. The number of nitro groups is 1. The number of carbonyl (C=O) groups excluding carboxylic acids is 1. The molecule has 0 aliphatic heterocycles. The number of thiazole rings is 1. The third-order valence-electron chi connectivity index (χ3n) is 3.35. The molecule has 1 N–H and O–H groups in total. The second kappa shape index (κ2) is 6.99. The Bertz CT molecular complexity index is 949. The highest BCUT2D eigenvalue weighted by molar-refractivity contribution is 7.17. The molecule has 0 unspecified atom stereocenters. The van der Waals surface area contributed by atoms with E-state index in [9.17, 15) is 14.9 Å². The number of aryl methyl sites for hydroxylation is 1. The van der Waals surface area contributed by atoms with Crippen LogP contribution in [0.15, 0.2) is 35.7 Å². The van der Waals surface area contributed by atoms with Crippen LogP contribution in [-0.4, -0.2) is 22.9 Å². The van der Waals surface area contributed by atoms with Gasteiger partial charge in [-0.3, -0.25) is 20.2 Å². The molecule has 1 aromatic carbocycles. The van der Waals surface area contributed by atoms with E-state index in [0.29, 0.717) is 16.6 Å². The van der Waals surface area contributed by atoms with E-state index in [0.717, 1.165) is 22.5 Å². The van der Waals surface area contributed by atoms with Gasteiger partial charge in [-0.05, 0) is 25.1 Å². The number of carbonyl (C=O) groups is 1. The van der Waals surface area contributed by atoms with Crippen LogP contribution < -0.4 is 10.1 Å². The van der Waals surface area contributed by atoms with Gasteiger partial charge in [-0.1, -0.05) is 23.0 Å². The van der Waals surface area contributed by atoms with Gasteiger partial charge in [0.25, 0.3) is 5.91 Å². The van der Waals surface area contributed by atoms with Crippen molar-refractivity contribution in [3.05, 3.63) is 56.3 Å². The number of hydrogen-bond acceptors (Lipinski definition) is 7. The monoisotopic (exact) mass is 375 g/mol. The lowest BCUT2D eigenvalue weighted by Gasteiger charge is -2.07. The number of benzene rings is 1. The number of amides is 1. The first-order valence-electron chi connectivity index (χ1n) is 7.14. The fraction of sp³-hybridized carbons (Fsp3) is 0.125. The van der Waals surface area contributed by atoms with E-state index in [1.165, 1.54) is 23.5 Å². The molecule has 128 valence electrons. The third-order valence-corrected chi connectivity index (χ3v) is 5.14. The molecule has 7 nitrogen and oxygen atoms in total. The number of ether oxygens (including phenoxy) is 1. The zero-order valence-corrected chi connectivity index (χ0v) is 14.9. The lowest BCUT2D eigenvalue weighted by Crippen LogP contribution is -2.09.